The molecule has 1 aromatic rings. The fraction of sp³-hybridized carbons (Fsp3) is 0.778. The Morgan fingerprint density at radius 3 is 3.15 bits per heavy atom. The summed E-state index contributed by atoms with van der Waals surface area (Å²) in [6.07, 6.45) is 3.51. The third-order valence-electron chi connectivity index (χ3n) is 2.80. The average molecular weight is 180 g/mol. The number of rotatable bonds is 2. The van der Waals surface area contributed by atoms with Crippen LogP contribution in [0.2, 0.25) is 0 Å². The smallest absolute Gasteiger partial charge is 0.0902 e. The van der Waals surface area contributed by atoms with Gasteiger partial charge in [-0.25, -0.2) is 4.68 Å². The van der Waals surface area contributed by atoms with Crippen LogP contribution in [0.15, 0.2) is 0 Å². The molecule has 1 aromatic heterocycles. The Balaban J connectivity index is 2.36. The fourth-order valence-electron chi connectivity index (χ4n) is 2.06. The Morgan fingerprint density at radius 2 is 2.46 bits per heavy atom. The topological polar surface area (TPSA) is 56.7 Å². The lowest BCUT2D eigenvalue weighted by Crippen LogP contribution is -2.19. The van der Waals surface area contributed by atoms with Crippen molar-refractivity contribution < 1.29 is 0 Å². The number of hydrogen-bond donors (Lipinski definition) is 1. The second-order valence-corrected chi connectivity index (χ2v) is 3.56. The molecule has 1 aliphatic rings. The molecule has 0 saturated heterocycles. The summed E-state index contributed by atoms with van der Waals surface area (Å²) in [5.74, 6) is 0.448. The van der Waals surface area contributed by atoms with Crippen LogP contribution in [0.5, 0.6) is 0 Å². The molecule has 0 spiro atoms. The summed E-state index contributed by atoms with van der Waals surface area (Å²) in [7, 11) is 0. The minimum atomic E-state index is 0.448. The highest BCUT2D eigenvalue weighted by molar-refractivity contribution is 5.19. The molecule has 13 heavy (non-hydrogen) atoms. The van der Waals surface area contributed by atoms with Crippen LogP contribution in [0.4, 0.5) is 0 Å². The van der Waals surface area contributed by atoms with Crippen molar-refractivity contribution in [1.29, 1.82) is 0 Å². The highest BCUT2D eigenvalue weighted by Crippen LogP contribution is 2.28. The molecule has 1 atom stereocenters. The molecule has 4 heteroatoms. The van der Waals surface area contributed by atoms with E-state index in [0.717, 1.165) is 18.7 Å². The van der Waals surface area contributed by atoms with Crippen LogP contribution in [0.1, 0.15) is 37.1 Å². The molecule has 0 amide bonds. The number of aryl methyl sites for hydroxylation is 1. The molecule has 0 radical (unpaired) electrons. The zero-order valence-electron chi connectivity index (χ0n) is 8.03. The van der Waals surface area contributed by atoms with Gasteiger partial charge in [0.15, 0.2) is 0 Å². The first-order valence-electron chi connectivity index (χ1n) is 4.99. The van der Waals surface area contributed by atoms with E-state index in [0.29, 0.717) is 12.5 Å². The quantitative estimate of drug-likeness (QED) is 0.728. The molecule has 0 aliphatic heterocycles. The minimum Gasteiger partial charge on any atom is -0.330 e. The van der Waals surface area contributed by atoms with Gasteiger partial charge in [-0.05, 0) is 26.2 Å². The highest BCUT2D eigenvalue weighted by Gasteiger charge is 2.24. The maximum Gasteiger partial charge on any atom is 0.0902 e. The molecule has 0 aromatic carbocycles. The average Bonchev–Trinajstić information content (AvgIpc) is 2.60. The van der Waals surface area contributed by atoms with Crippen LogP contribution in [-0.2, 0) is 13.0 Å². The lowest BCUT2D eigenvalue weighted by atomic mass is 9.90. The van der Waals surface area contributed by atoms with Gasteiger partial charge in [0.1, 0.15) is 0 Å². The van der Waals surface area contributed by atoms with E-state index in [1.165, 1.54) is 18.5 Å². The van der Waals surface area contributed by atoms with Crippen molar-refractivity contribution in [3.8, 4) is 0 Å². The van der Waals surface area contributed by atoms with Gasteiger partial charge in [0.05, 0.1) is 11.4 Å². The Morgan fingerprint density at radius 1 is 1.62 bits per heavy atom. The van der Waals surface area contributed by atoms with E-state index in [1.54, 1.807) is 0 Å². The molecule has 0 fully saturated rings. The van der Waals surface area contributed by atoms with Gasteiger partial charge < -0.3 is 5.73 Å². The van der Waals surface area contributed by atoms with E-state index in [1.807, 2.05) is 4.68 Å². The lowest BCUT2D eigenvalue weighted by molar-refractivity contribution is 0.526. The summed E-state index contributed by atoms with van der Waals surface area (Å²) in [5, 5.41) is 8.34. The fourth-order valence-corrected chi connectivity index (χ4v) is 2.06. The van der Waals surface area contributed by atoms with Gasteiger partial charge in [-0.2, -0.15) is 0 Å². The first-order valence-corrected chi connectivity index (χ1v) is 4.99. The summed E-state index contributed by atoms with van der Waals surface area (Å²) in [4.78, 5) is 0. The molecule has 0 saturated carbocycles. The van der Waals surface area contributed by atoms with E-state index >= 15 is 0 Å². The third-order valence-corrected chi connectivity index (χ3v) is 2.80. The van der Waals surface area contributed by atoms with Crippen LogP contribution < -0.4 is 5.73 Å². The van der Waals surface area contributed by atoms with E-state index in [2.05, 4.69) is 17.2 Å². The largest absolute Gasteiger partial charge is 0.330 e. The van der Waals surface area contributed by atoms with Crippen LogP contribution in [0.3, 0.4) is 0 Å². The summed E-state index contributed by atoms with van der Waals surface area (Å²) < 4.78 is 2.00. The van der Waals surface area contributed by atoms with Crippen LogP contribution >= 0.6 is 0 Å². The molecule has 0 bridgehead atoms. The standard InChI is InChI=1S/C9H16N4/c1-2-13-8-5-3-4-7(6-10)9(8)11-12-13/h7H,2-6,10H2,1H3. The van der Waals surface area contributed by atoms with Crippen LogP contribution in [0, 0.1) is 0 Å². The molecule has 2 rings (SSSR count). The number of hydrogen-bond acceptors (Lipinski definition) is 3. The van der Waals surface area contributed by atoms with Gasteiger partial charge in [0, 0.05) is 19.0 Å². The van der Waals surface area contributed by atoms with Crippen molar-refractivity contribution >= 4 is 0 Å². The summed E-state index contributed by atoms with van der Waals surface area (Å²) >= 11 is 0. The maximum absolute atomic E-state index is 5.69. The predicted octanol–water partition coefficient (Wildman–Crippen LogP) is 0.677. The monoisotopic (exact) mass is 180 g/mol. The van der Waals surface area contributed by atoms with E-state index in [4.69, 9.17) is 5.73 Å². The Kier molecular flexibility index (Phi) is 2.31. The number of nitrogens with two attached hydrogens (primary N) is 1. The Labute approximate surface area is 78.1 Å². The van der Waals surface area contributed by atoms with Crippen molar-refractivity contribution in [2.24, 2.45) is 5.73 Å². The van der Waals surface area contributed by atoms with Crippen molar-refractivity contribution in [2.75, 3.05) is 6.54 Å². The van der Waals surface area contributed by atoms with E-state index in [9.17, 15) is 0 Å². The second-order valence-electron chi connectivity index (χ2n) is 3.56. The van der Waals surface area contributed by atoms with Gasteiger partial charge >= 0.3 is 0 Å². The summed E-state index contributed by atoms with van der Waals surface area (Å²) in [5.41, 5.74) is 8.15. The molecular formula is C9H16N4. The zero-order valence-corrected chi connectivity index (χ0v) is 8.03. The summed E-state index contributed by atoms with van der Waals surface area (Å²) in [6.45, 7) is 3.72. The van der Waals surface area contributed by atoms with E-state index < -0.39 is 0 Å². The van der Waals surface area contributed by atoms with E-state index in [-0.39, 0.29) is 0 Å². The third kappa shape index (κ3) is 1.35. The number of nitrogens with zero attached hydrogens (tertiary/aromatic N) is 3. The molecular weight excluding hydrogens is 164 g/mol. The molecule has 72 valence electrons. The number of aromatic nitrogens is 3. The first-order chi connectivity index (χ1) is 6.36. The van der Waals surface area contributed by atoms with Gasteiger partial charge in [-0.15, -0.1) is 5.10 Å². The lowest BCUT2D eigenvalue weighted by Gasteiger charge is -2.19. The van der Waals surface area contributed by atoms with Gasteiger partial charge in [-0.1, -0.05) is 5.21 Å². The normalized spacial score (nSPS) is 21.5. The highest BCUT2D eigenvalue weighted by atomic mass is 15.4. The van der Waals surface area contributed by atoms with Crippen molar-refractivity contribution in [3.05, 3.63) is 11.4 Å². The first kappa shape index (κ1) is 8.69. The number of fused-ring (bicyclic) bond motifs is 1. The van der Waals surface area contributed by atoms with Crippen molar-refractivity contribution in [3.63, 3.8) is 0 Å². The van der Waals surface area contributed by atoms with Crippen molar-refractivity contribution in [1.82, 2.24) is 15.0 Å². The van der Waals surface area contributed by atoms with Crippen molar-refractivity contribution in [2.45, 2.75) is 38.6 Å². The molecule has 4 nitrogen and oxygen atoms in total. The van der Waals surface area contributed by atoms with Crippen LogP contribution in [-0.4, -0.2) is 21.5 Å². The minimum absolute atomic E-state index is 0.448. The van der Waals surface area contributed by atoms with Crippen LogP contribution in [0.25, 0.3) is 0 Å². The zero-order chi connectivity index (χ0) is 9.26. The Bertz CT molecular complexity index is 292. The van der Waals surface area contributed by atoms with Gasteiger partial charge in [-0.3, -0.25) is 0 Å². The summed E-state index contributed by atoms with van der Waals surface area (Å²) in [6, 6.07) is 0. The molecule has 2 N–H and O–H groups in total. The van der Waals surface area contributed by atoms with Gasteiger partial charge in [0.25, 0.3) is 0 Å². The molecule has 1 aliphatic carbocycles. The predicted molar refractivity (Wildman–Crippen MR) is 50.4 cm³/mol. The molecule has 1 unspecified atom stereocenters. The second kappa shape index (κ2) is 3.46. The van der Waals surface area contributed by atoms with Gasteiger partial charge in [0.2, 0.25) is 0 Å². The maximum atomic E-state index is 5.69. The molecule has 1 heterocycles. The Hall–Kier alpha value is -0.900. The SMILES string of the molecule is CCn1nnc2c1CCCC2CN.